The first-order valence-electron chi connectivity index (χ1n) is 9.96. The number of nitrogens with zero attached hydrogens (tertiary/aromatic N) is 1. The zero-order valence-corrected chi connectivity index (χ0v) is 15.7. The summed E-state index contributed by atoms with van der Waals surface area (Å²) in [5.74, 6) is 2.44. The molecule has 2 saturated carbocycles. The van der Waals surface area contributed by atoms with Gasteiger partial charge in [0.1, 0.15) is 0 Å². The van der Waals surface area contributed by atoms with Gasteiger partial charge in [-0.05, 0) is 81.9 Å². The van der Waals surface area contributed by atoms with Gasteiger partial charge in [0.15, 0.2) is 0 Å². The number of nitrogens with one attached hydrogen (secondary N) is 2. The van der Waals surface area contributed by atoms with Crippen LogP contribution in [0, 0.1) is 17.8 Å². The SMILES string of the molecule is CC(C)NC(=O)Nc1cccc(C(=O)N2CC3CC4CC(C3)CC2C4)c1. The van der Waals surface area contributed by atoms with E-state index in [9.17, 15) is 9.59 Å². The fourth-order valence-electron chi connectivity index (χ4n) is 5.36. The summed E-state index contributed by atoms with van der Waals surface area (Å²) < 4.78 is 0. The van der Waals surface area contributed by atoms with Crippen molar-refractivity contribution in [1.82, 2.24) is 10.2 Å². The van der Waals surface area contributed by atoms with Crippen molar-refractivity contribution in [3.05, 3.63) is 29.8 Å². The maximum atomic E-state index is 13.2. The van der Waals surface area contributed by atoms with E-state index in [1.165, 1.54) is 32.1 Å². The highest BCUT2D eigenvalue weighted by atomic mass is 16.2. The topological polar surface area (TPSA) is 61.4 Å². The Morgan fingerprint density at radius 1 is 1.04 bits per heavy atom. The molecule has 0 spiro atoms. The molecule has 2 aliphatic heterocycles. The van der Waals surface area contributed by atoms with Crippen LogP contribution in [0.2, 0.25) is 0 Å². The minimum Gasteiger partial charge on any atom is -0.336 e. The van der Waals surface area contributed by atoms with E-state index in [-0.39, 0.29) is 18.0 Å². The minimum atomic E-state index is -0.240. The molecule has 4 aliphatic rings. The molecule has 2 aliphatic carbocycles. The summed E-state index contributed by atoms with van der Waals surface area (Å²) in [5.41, 5.74) is 1.34. The van der Waals surface area contributed by atoms with Crippen molar-refractivity contribution < 1.29 is 9.59 Å². The Morgan fingerprint density at radius 3 is 2.42 bits per heavy atom. The molecule has 5 rings (SSSR count). The summed E-state index contributed by atoms with van der Waals surface area (Å²) in [4.78, 5) is 27.3. The van der Waals surface area contributed by atoms with Crippen LogP contribution in [0.3, 0.4) is 0 Å². The van der Waals surface area contributed by atoms with Crippen LogP contribution in [0.25, 0.3) is 0 Å². The second-order valence-corrected chi connectivity index (χ2v) is 8.72. The molecule has 1 aromatic rings. The molecule has 4 bridgehead atoms. The summed E-state index contributed by atoms with van der Waals surface area (Å²) in [6.45, 7) is 4.74. The Labute approximate surface area is 155 Å². The third kappa shape index (κ3) is 3.57. The van der Waals surface area contributed by atoms with Crippen LogP contribution in [0.5, 0.6) is 0 Å². The monoisotopic (exact) mass is 355 g/mol. The van der Waals surface area contributed by atoms with Gasteiger partial charge in [0.25, 0.3) is 5.91 Å². The van der Waals surface area contributed by atoms with Crippen LogP contribution in [0.15, 0.2) is 24.3 Å². The first-order valence-corrected chi connectivity index (χ1v) is 9.96. The van der Waals surface area contributed by atoms with Crippen molar-refractivity contribution in [3.8, 4) is 0 Å². The van der Waals surface area contributed by atoms with E-state index in [0.717, 1.165) is 18.4 Å². The quantitative estimate of drug-likeness (QED) is 0.865. The highest BCUT2D eigenvalue weighted by molar-refractivity contribution is 5.97. The average Bonchev–Trinajstić information content (AvgIpc) is 2.77. The number of anilines is 1. The highest BCUT2D eigenvalue weighted by Crippen LogP contribution is 2.47. The molecule has 5 nitrogen and oxygen atoms in total. The molecule has 5 heteroatoms. The van der Waals surface area contributed by atoms with Crippen molar-refractivity contribution in [2.75, 3.05) is 11.9 Å². The van der Waals surface area contributed by atoms with Crippen LogP contribution in [0.1, 0.15) is 56.3 Å². The summed E-state index contributed by atoms with van der Waals surface area (Å²) >= 11 is 0. The number of hydrogen-bond donors (Lipinski definition) is 2. The van der Waals surface area contributed by atoms with Gasteiger partial charge in [-0.25, -0.2) is 4.79 Å². The molecule has 2 heterocycles. The van der Waals surface area contributed by atoms with Gasteiger partial charge in [0.05, 0.1) is 0 Å². The van der Waals surface area contributed by atoms with Gasteiger partial charge in [-0.15, -0.1) is 0 Å². The Hall–Kier alpha value is -2.04. The number of hydrogen-bond acceptors (Lipinski definition) is 2. The number of fused-ring (bicyclic) bond motifs is 1. The highest BCUT2D eigenvalue weighted by Gasteiger charge is 2.44. The van der Waals surface area contributed by atoms with Crippen LogP contribution < -0.4 is 10.6 Å². The van der Waals surface area contributed by atoms with Gasteiger partial charge in [-0.2, -0.15) is 0 Å². The first kappa shape index (κ1) is 17.4. The van der Waals surface area contributed by atoms with Crippen molar-refractivity contribution in [2.45, 2.75) is 58.0 Å². The first-order chi connectivity index (χ1) is 12.5. The second-order valence-electron chi connectivity index (χ2n) is 8.72. The zero-order valence-electron chi connectivity index (χ0n) is 15.7. The maximum Gasteiger partial charge on any atom is 0.319 e. The van der Waals surface area contributed by atoms with Crippen LogP contribution in [-0.2, 0) is 0 Å². The van der Waals surface area contributed by atoms with E-state index in [1.54, 1.807) is 6.07 Å². The minimum absolute atomic E-state index is 0.0719. The van der Waals surface area contributed by atoms with Gasteiger partial charge in [0.2, 0.25) is 0 Å². The van der Waals surface area contributed by atoms with E-state index in [2.05, 4.69) is 15.5 Å². The van der Waals surface area contributed by atoms with Gasteiger partial charge >= 0.3 is 6.03 Å². The Balaban J connectivity index is 1.49. The lowest BCUT2D eigenvalue weighted by Crippen LogP contribution is -2.42. The molecule has 2 saturated heterocycles. The summed E-state index contributed by atoms with van der Waals surface area (Å²) in [6, 6.07) is 7.57. The van der Waals surface area contributed by atoms with Crippen LogP contribution in [-0.4, -0.2) is 35.5 Å². The van der Waals surface area contributed by atoms with Crippen LogP contribution >= 0.6 is 0 Å². The predicted octanol–water partition coefficient (Wildman–Crippen LogP) is 3.87. The zero-order chi connectivity index (χ0) is 18.3. The summed E-state index contributed by atoms with van der Waals surface area (Å²) in [7, 11) is 0. The molecule has 3 amide bonds. The van der Waals surface area contributed by atoms with Gasteiger partial charge in [-0.1, -0.05) is 6.07 Å². The molecular weight excluding hydrogens is 326 g/mol. The van der Waals surface area contributed by atoms with Crippen molar-refractivity contribution in [1.29, 1.82) is 0 Å². The summed E-state index contributed by atoms with van der Waals surface area (Å²) in [5, 5.41) is 5.63. The standard InChI is InChI=1S/C21H29N3O2/c1-13(2)22-21(26)23-18-5-3-4-17(11-18)20(25)24-12-16-7-14-6-15(8-16)10-19(24)9-14/h3-5,11,13-16,19H,6-10,12H2,1-2H3,(H2,22,23,26). The third-order valence-corrected chi connectivity index (χ3v) is 6.15. The van der Waals surface area contributed by atoms with Crippen molar-refractivity contribution in [3.63, 3.8) is 0 Å². The Morgan fingerprint density at radius 2 is 1.73 bits per heavy atom. The molecule has 2 unspecified atom stereocenters. The molecule has 2 N–H and O–H groups in total. The van der Waals surface area contributed by atoms with Gasteiger partial charge in [0, 0.05) is 29.9 Å². The van der Waals surface area contributed by atoms with Crippen molar-refractivity contribution in [2.24, 2.45) is 17.8 Å². The van der Waals surface area contributed by atoms with Gasteiger partial charge < -0.3 is 15.5 Å². The van der Waals surface area contributed by atoms with Crippen LogP contribution in [0.4, 0.5) is 10.5 Å². The van der Waals surface area contributed by atoms with E-state index in [1.807, 2.05) is 32.0 Å². The number of benzene rings is 1. The molecule has 140 valence electrons. The Kier molecular flexibility index (Phi) is 4.63. The molecular formula is C21H29N3O2. The molecule has 4 fully saturated rings. The Bertz CT molecular complexity index is 688. The molecule has 0 aromatic heterocycles. The van der Waals surface area contributed by atoms with Crippen molar-refractivity contribution >= 4 is 17.6 Å². The number of carbonyl (C=O) groups excluding carboxylic acids is 2. The van der Waals surface area contributed by atoms with E-state index in [4.69, 9.17) is 0 Å². The fraction of sp³-hybridized carbons (Fsp3) is 0.619. The molecule has 1 aromatic carbocycles. The van der Waals surface area contributed by atoms with Gasteiger partial charge in [-0.3, -0.25) is 4.79 Å². The van der Waals surface area contributed by atoms with E-state index >= 15 is 0 Å². The molecule has 2 atom stereocenters. The largest absolute Gasteiger partial charge is 0.336 e. The lowest BCUT2D eigenvalue weighted by Gasteiger charge is -2.39. The lowest BCUT2D eigenvalue weighted by atomic mass is 9.68. The number of urea groups is 1. The second kappa shape index (κ2) is 6.93. The number of amides is 3. The average molecular weight is 355 g/mol. The predicted molar refractivity (Wildman–Crippen MR) is 102 cm³/mol. The van der Waals surface area contributed by atoms with E-state index < -0.39 is 0 Å². The molecule has 26 heavy (non-hydrogen) atoms. The lowest BCUT2D eigenvalue weighted by molar-refractivity contribution is 0.0632. The smallest absolute Gasteiger partial charge is 0.319 e. The third-order valence-electron chi connectivity index (χ3n) is 6.15. The fourth-order valence-corrected chi connectivity index (χ4v) is 5.36. The normalized spacial score (nSPS) is 29.6. The van der Waals surface area contributed by atoms with E-state index in [0.29, 0.717) is 23.2 Å². The summed E-state index contributed by atoms with van der Waals surface area (Å²) in [6.07, 6.45) is 6.32. The number of carbonyl (C=O) groups is 2. The molecule has 0 radical (unpaired) electrons. The number of rotatable bonds is 3. The maximum absolute atomic E-state index is 13.2.